The topological polar surface area (TPSA) is 80.4 Å². The van der Waals surface area contributed by atoms with E-state index < -0.39 is 6.10 Å². The Morgan fingerprint density at radius 3 is 2.65 bits per heavy atom. The summed E-state index contributed by atoms with van der Waals surface area (Å²) < 4.78 is 10.5. The maximum absolute atomic E-state index is 9.97. The molecule has 0 aliphatic heterocycles. The molecule has 0 saturated heterocycles. The zero-order valence-electron chi connectivity index (χ0n) is 12.6. The molecule has 6 nitrogen and oxygen atoms in total. The van der Waals surface area contributed by atoms with Crippen molar-refractivity contribution in [3.05, 3.63) is 11.7 Å². The number of nitrogens with one attached hydrogen (secondary N) is 1. The molecule has 0 aromatic carbocycles. The minimum atomic E-state index is -0.525. The predicted molar refractivity (Wildman–Crippen MR) is 74.3 cm³/mol. The van der Waals surface area contributed by atoms with Crippen LogP contribution in [0.15, 0.2) is 4.52 Å². The molecule has 0 bridgehead atoms. The van der Waals surface area contributed by atoms with E-state index in [4.69, 9.17) is 9.26 Å². The molecule has 1 aliphatic carbocycles. The van der Waals surface area contributed by atoms with Gasteiger partial charge in [0.2, 0.25) is 5.89 Å². The maximum Gasteiger partial charge on any atom is 0.223 e. The van der Waals surface area contributed by atoms with E-state index in [1.54, 1.807) is 6.92 Å². The largest absolute Gasteiger partial charge is 0.389 e. The van der Waals surface area contributed by atoms with Gasteiger partial charge in [0.15, 0.2) is 5.82 Å². The Labute approximate surface area is 119 Å². The van der Waals surface area contributed by atoms with Crippen molar-refractivity contribution in [3.63, 3.8) is 0 Å². The van der Waals surface area contributed by atoms with Crippen LogP contribution in [-0.2, 0) is 10.3 Å². The first kappa shape index (κ1) is 15.4. The first-order chi connectivity index (χ1) is 9.52. The molecule has 6 heteroatoms. The van der Waals surface area contributed by atoms with Crippen LogP contribution in [0.25, 0.3) is 0 Å². The first-order valence-electron chi connectivity index (χ1n) is 7.37. The van der Waals surface area contributed by atoms with Gasteiger partial charge in [0.25, 0.3) is 0 Å². The van der Waals surface area contributed by atoms with E-state index in [0.29, 0.717) is 24.9 Å². The highest BCUT2D eigenvalue weighted by Gasteiger charge is 2.39. The molecule has 1 heterocycles. The number of hydrogen-bond acceptors (Lipinski definition) is 6. The third-order valence-electron chi connectivity index (χ3n) is 3.71. The van der Waals surface area contributed by atoms with Gasteiger partial charge in [0.1, 0.15) is 0 Å². The number of nitrogens with zero attached hydrogens (tertiary/aromatic N) is 2. The standard InChI is InChI=1S/C14H25N3O3/c1-10(2)19-9-12(18)8-15-14(6-4-5-7-14)13-16-11(3)20-17-13/h10,12,15,18H,4-9H2,1-3H3. The number of ether oxygens (including phenoxy) is 1. The van der Waals surface area contributed by atoms with Crippen molar-refractivity contribution in [1.82, 2.24) is 15.5 Å². The molecule has 1 saturated carbocycles. The van der Waals surface area contributed by atoms with Crippen LogP contribution in [0, 0.1) is 6.92 Å². The molecule has 1 fully saturated rings. The zero-order chi connectivity index (χ0) is 14.6. The number of aromatic nitrogens is 2. The molecular formula is C14H25N3O3. The summed E-state index contributed by atoms with van der Waals surface area (Å²) in [7, 11) is 0. The third kappa shape index (κ3) is 3.77. The van der Waals surface area contributed by atoms with Crippen molar-refractivity contribution < 1.29 is 14.4 Å². The van der Waals surface area contributed by atoms with Gasteiger partial charge >= 0.3 is 0 Å². The Morgan fingerprint density at radius 1 is 1.40 bits per heavy atom. The Morgan fingerprint density at radius 2 is 2.10 bits per heavy atom. The van der Waals surface area contributed by atoms with Crippen LogP contribution >= 0.6 is 0 Å². The number of aliphatic hydroxyl groups excluding tert-OH is 1. The van der Waals surface area contributed by atoms with Crippen LogP contribution in [0.2, 0.25) is 0 Å². The van der Waals surface area contributed by atoms with Gasteiger partial charge in [-0.25, -0.2) is 0 Å². The molecule has 2 N–H and O–H groups in total. The summed E-state index contributed by atoms with van der Waals surface area (Å²) in [5.74, 6) is 1.29. The lowest BCUT2D eigenvalue weighted by molar-refractivity contribution is 0.00297. The van der Waals surface area contributed by atoms with Gasteiger partial charge in [-0.3, -0.25) is 0 Å². The minimum absolute atomic E-state index is 0.130. The quantitative estimate of drug-likeness (QED) is 0.790. The number of aryl methyl sites for hydroxylation is 1. The molecule has 1 aromatic rings. The molecule has 0 radical (unpaired) electrons. The van der Waals surface area contributed by atoms with E-state index in [9.17, 15) is 5.11 Å². The normalized spacial score (nSPS) is 19.6. The lowest BCUT2D eigenvalue weighted by Crippen LogP contribution is -2.45. The summed E-state index contributed by atoms with van der Waals surface area (Å²) in [6.45, 7) is 6.53. The molecule has 0 spiro atoms. The number of rotatable bonds is 7. The Kier molecular flexibility index (Phi) is 5.12. The van der Waals surface area contributed by atoms with Crippen LogP contribution in [0.4, 0.5) is 0 Å². The second kappa shape index (κ2) is 6.65. The van der Waals surface area contributed by atoms with Crippen LogP contribution in [0.3, 0.4) is 0 Å². The average Bonchev–Trinajstić information content (AvgIpc) is 3.03. The molecule has 2 rings (SSSR count). The SMILES string of the molecule is Cc1nc(C2(NCC(O)COC(C)C)CCCC2)no1. The monoisotopic (exact) mass is 283 g/mol. The van der Waals surface area contributed by atoms with Gasteiger partial charge in [-0.15, -0.1) is 0 Å². The molecular weight excluding hydrogens is 258 g/mol. The molecule has 20 heavy (non-hydrogen) atoms. The Hall–Kier alpha value is -0.980. The van der Waals surface area contributed by atoms with Gasteiger partial charge < -0.3 is 19.7 Å². The van der Waals surface area contributed by atoms with Gasteiger partial charge in [-0.1, -0.05) is 18.0 Å². The summed E-state index contributed by atoms with van der Waals surface area (Å²) in [4.78, 5) is 4.36. The second-order valence-electron chi connectivity index (χ2n) is 5.84. The fourth-order valence-electron chi connectivity index (χ4n) is 2.63. The fraction of sp³-hybridized carbons (Fsp3) is 0.857. The summed E-state index contributed by atoms with van der Waals surface area (Å²) >= 11 is 0. The molecule has 1 aromatic heterocycles. The molecule has 0 amide bonds. The van der Waals surface area contributed by atoms with Crippen LogP contribution < -0.4 is 5.32 Å². The number of aliphatic hydroxyl groups is 1. The summed E-state index contributed by atoms with van der Waals surface area (Å²) in [6, 6.07) is 0. The van der Waals surface area contributed by atoms with Crippen LogP contribution in [-0.4, -0.2) is 40.6 Å². The van der Waals surface area contributed by atoms with Crippen LogP contribution in [0.5, 0.6) is 0 Å². The van der Waals surface area contributed by atoms with Crippen molar-refractivity contribution in [2.45, 2.75) is 64.2 Å². The van der Waals surface area contributed by atoms with E-state index in [1.165, 1.54) is 0 Å². The fourth-order valence-corrected chi connectivity index (χ4v) is 2.63. The van der Waals surface area contributed by atoms with E-state index in [-0.39, 0.29) is 11.6 Å². The van der Waals surface area contributed by atoms with Crippen molar-refractivity contribution >= 4 is 0 Å². The maximum atomic E-state index is 9.97. The molecule has 1 unspecified atom stereocenters. The summed E-state index contributed by atoms with van der Waals surface area (Å²) in [5.41, 5.74) is -0.253. The third-order valence-corrected chi connectivity index (χ3v) is 3.71. The molecule has 114 valence electrons. The van der Waals surface area contributed by atoms with E-state index >= 15 is 0 Å². The van der Waals surface area contributed by atoms with Crippen molar-refractivity contribution in [2.75, 3.05) is 13.2 Å². The lowest BCUT2D eigenvalue weighted by Gasteiger charge is -2.28. The Balaban J connectivity index is 1.93. The van der Waals surface area contributed by atoms with Gasteiger partial charge in [-0.05, 0) is 26.7 Å². The van der Waals surface area contributed by atoms with E-state index in [1.807, 2.05) is 13.8 Å². The van der Waals surface area contributed by atoms with Crippen molar-refractivity contribution in [1.29, 1.82) is 0 Å². The predicted octanol–water partition coefficient (Wildman–Crippen LogP) is 1.52. The van der Waals surface area contributed by atoms with E-state index in [2.05, 4.69) is 15.5 Å². The highest BCUT2D eigenvalue weighted by Crippen LogP contribution is 2.37. The molecule has 1 aliphatic rings. The smallest absolute Gasteiger partial charge is 0.223 e. The van der Waals surface area contributed by atoms with Crippen LogP contribution in [0.1, 0.15) is 51.2 Å². The zero-order valence-corrected chi connectivity index (χ0v) is 12.6. The van der Waals surface area contributed by atoms with Gasteiger partial charge in [-0.2, -0.15) is 4.98 Å². The number of hydrogen-bond donors (Lipinski definition) is 2. The first-order valence-corrected chi connectivity index (χ1v) is 7.37. The van der Waals surface area contributed by atoms with E-state index in [0.717, 1.165) is 25.7 Å². The van der Waals surface area contributed by atoms with Crippen molar-refractivity contribution in [2.24, 2.45) is 0 Å². The highest BCUT2D eigenvalue weighted by molar-refractivity contribution is 5.08. The highest BCUT2D eigenvalue weighted by atomic mass is 16.5. The second-order valence-corrected chi connectivity index (χ2v) is 5.84. The summed E-state index contributed by atoms with van der Waals surface area (Å²) in [6.07, 6.45) is 3.83. The lowest BCUT2D eigenvalue weighted by atomic mass is 9.96. The van der Waals surface area contributed by atoms with Gasteiger partial charge in [0.05, 0.1) is 24.4 Å². The summed E-state index contributed by atoms with van der Waals surface area (Å²) in [5, 5.41) is 17.5. The molecule has 1 atom stereocenters. The van der Waals surface area contributed by atoms with Crippen molar-refractivity contribution in [3.8, 4) is 0 Å². The average molecular weight is 283 g/mol. The van der Waals surface area contributed by atoms with Gasteiger partial charge in [0, 0.05) is 13.5 Å². The minimum Gasteiger partial charge on any atom is -0.389 e. The Bertz CT molecular complexity index is 414.